The first-order valence-electron chi connectivity index (χ1n) is 3.87. The lowest BCUT2D eigenvalue weighted by atomic mass is 9.98. The molecule has 12 heavy (non-hydrogen) atoms. The van der Waals surface area contributed by atoms with E-state index < -0.39 is 0 Å². The molecule has 0 unspecified atom stereocenters. The molecule has 0 aliphatic rings. The zero-order chi connectivity index (χ0) is 9.14. The van der Waals surface area contributed by atoms with Gasteiger partial charge in [-0.2, -0.15) is 0 Å². The molecule has 0 aliphatic carbocycles. The van der Waals surface area contributed by atoms with Crippen LogP contribution in [-0.4, -0.2) is 6.29 Å². The van der Waals surface area contributed by atoms with Crippen molar-refractivity contribution in [1.29, 1.82) is 0 Å². The Kier molecular flexibility index (Phi) is 3.04. The first-order valence-corrected chi connectivity index (χ1v) is 4.66. The number of halogens is 1. The highest BCUT2D eigenvalue weighted by Crippen LogP contribution is 2.24. The van der Waals surface area contributed by atoms with Crippen LogP contribution in [0.3, 0.4) is 0 Å². The summed E-state index contributed by atoms with van der Waals surface area (Å²) in [5, 5.41) is 0. The molecule has 0 heterocycles. The van der Waals surface area contributed by atoms with Gasteiger partial charge in [0.05, 0.1) is 0 Å². The van der Waals surface area contributed by atoms with E-state index in [1.165, 1.54) is 0 Å². The van der Waals surface area contributed by atoms with Gasteiger partial charge in [-0.05, 0) is 24.1 Å². The number of rotatable bonds is 2. The average Bonchev–Trinajstić information content (AvgIpc) is 2.08. The van der Waals surface area contributed by atoms with Crippen molar-refractivity contribution in [2.24, 2.45) is 0 Å². The molecular formula is C10H11BrO. The van der Waals surface area contributed by atoms with Gasteiger partial charge in [0.1, 0.15) is 6.29 Å². The maximum Gasteiger partial charge on any atom is 0.127 e. The number of benzene rings is 1. The summed E-state index contributed by atoms with van der Waals surface area (Å²) in [6, 6.07) is 5.92. The Morgan fingerprint density at radius 1 is 1.50 bits per heavy atom. The summed E-state index contributed by atoms with van der Waals surface area (Å²) in [6.45, 7) is 3.92. The zero-order valence-corrected chi connectivity index (χ0v) is 8.76. The number of carbonyl (C=O) groups is 1. The Bertz CT molecular complexity index is 294. The number of aldehydes is 1. The molecule has 0 N–H and O–H groups in total. The Morgan fingerprint density at radius 3 is 2.75 bits per heavy atom. The van der Waals surface area contributed by atoms with Gasteiger partial charge in [0, 0.05) is 10.4 Å². The molecule has 2 heteroatoms. The Hall–Kier alpha value is -0.630. The normalized spacial score (nSPS) is 12.6. The van der Waals surface area contributed by atoms with Gasteiger partial charge >= 0.3 is 0 Å². The molecule has 1 atom stereocenters. The molecule has 0 saturated carbocycles. The molecule has 0 bridgehead atoms. The fourth-order valence-corrected chi connectivity index (χ4v) is 1.57. The van der Waals surface area contributed by atoms with Gasteiger partial charge in [0.2, 0.25) is 0 Å². The van der Waals surface area contributed by atoms with E-state index in [2.05, 4.69) is 15.9 Å². The van der Waals surface area contributed by atoms with Crippen LogP contribution in [0, 0.1) is 6.92 Å². The van der Waals surface area contributed by atoms with Crippen molar-refractivity contribution < 1.29 is 4.79 Å². The maximum atomic E-state index is 10.6. The minimum absolute atomic E-state index is 0.0116. The van der Waals surface area contributed by atoms with Crippen LogP contribution < -0.4 is 0 Å². The predicted molar refractivity (Wildman–Crippen MR) is 53.4 cm³/mol. The molecule has 0 aromatic heterocycles. The third kappa shape index (κ3) is 1.75. The van der Waals surface area contributed by atoms with E-state index in [-0.39, 0.29) is 5.92 Å². The lowest BCUT2D eigenvalue weighted by Crippen LogP contribution is -1.97. The third-order valence-electron chi connectivity index (χ3n) is 2.00. The summed E-state index contributed by atoms with van der Waals surface area (Å²) >= 11 is 3.43. The monoisotopic (exact) mass is 226 g/mol. The predicted octanol–water partition coefficient (Wildman–Crippen LogP) is 3.06. The summed E-state index contributed by atoms with van der Waals surface area (Å²) < 4.78 is 1.06. The first kappa shape index (κ1) is 9.46. The van der Waals surface area contributed by atoms with Crippen LogP contribution in [0.4, 0.5) is 0 Å². The molecule has 0 radical (unpaired) electrons. The molecule has 1 aromatic carbocycles. The van der Waals surface area contributed by atoms with Crippen LogP contribution in [0.2, 0.25) is 0 Å². The van der Waals surface area contributed by atoms with Crippen LogP contribution in [-0.2, 0) is 4.79 Å². The second-order valence-corrected chi connectivity index (χ2v) is 3.73. The fourth-order valence-electron chi connectivity index (χ4n) is 1.19. The summed E-state index contributed by atoms with van der Waals surface area (Å²) in [5.74, 6) is -0.0116. The van der Waals surface area contributed by atoms with Crippen molar-refractivity contribution in [3.05, 3.63) is 33.8 Å². The van der Waals surface area contributed by atoms with Gasteiger partial charge in [0.25, 0.3) is 0 Å². The highest BCUT2D eigenvalue weighted by atomic mass is 79.9. The van der Waals surface area contributed by atoms with Crippen LogP contribution in [0.15, 0.2) is 22.7 Å². The topological polar surface area (TPSA) is 17.1 Å². The van der Waals surface area contributed by atoms with Crippen molar-refractivity contribution in [3.8, 4) is 0 Å². The number of hydrogen-bond acceptors (Lipinski definition) is 1. The van der Waals surface area contributed by atoms with E-state index in [1.54, 1.807) is 0 Å². The summed E-state index contributed by atoms with van der Waals surface area (Å²) in [4.78, 5) is 10.6. The Morgan fingerprint density at radius 2 is 2.17 bits per heavy atom. The molecule has 0 saturated heterocycles. The van der Waals surface area contributed by atoms with Gasteiger partial charge in [-0.1, -0.05) is 35.0 Å². The molecule has 64 valence electrons. The van der Waals surface area contributed by atoms with Crippen molar-refractivity contribution in [1.82, 2.24) is 0 Å². The molecule has 0 fully saturated rings. The van der Waals surface area contributed by atoms with Crippen LogP contribution >= 0.6 is 15.9 Å². The number of hydrogen-bond donors (Lipinski definition) is 0. The minimum atomic E-state index is -0.0116. The molecule has 1 nitrogen and oxygen atoms in total. The van der Waals surface area contributed by atoms with Crippen LogP contribution in [0.25, 0.3) is 0 Å². The van der Waals surface area contributed by atoms with Gasteiger partial charge in [-0.15, -0.1) is 0 Å². The molecule has 0 amide bonds. The van der Waals surface area contributed by atoms with Gasteiger partial charge in [-0.25, -0.2) is 0 Å². The largest absolute Gasteiger partial charge is 0.303 e. The van der Waals surface area contributed by atoms with Crippen molar-refractivity contribution in [3.63, 3.8) is 0 Å². The third-order valence-corrected chi connectivity index (χ3v) is 2.86. The zero-order valence-electron chi connectivity index (χ0n) is 7.17. The quantitative estimate of drug-likeness (QED) is 0.709. The molecule has 1 aromatic rings. The van der Waals surface area contributed by atoms with E-state index in [9.17, 15) is 4.79 Å². The Labute approximate surface area is 80.9 Å². The van der Waals surface area contributed by atoms with Crippen LogP contribution in [0.5, 0.6) is 0 Å². The standard InChI is InChI=1S/C10H11BrO/c1-7(6-12)9-4-3-5-10(11)8(9)2/h3-7H,1-2H3/t7-/m1/s1. The molecule has 0 spiro atoms. The van der Waals surface area contributed by atoms with Gasteiger partial charge in [0.15, 0.2) is 0 Å². The number of carbonyl (C=O) groups excluding carboxylic acids is 1. The highest BCUT2D eigenvalue weighted by molar-refractivity contribution is 9.10. The average molecular weight is 227 g/mol. The van der Waals surface area contributed by atoms with E-state index in [1.807, 2.05) is 32.0 Å². The van der Waals surface area contributed by atoms with Gasteiger partial charge < -0.3 is 4.79 Å². The van der Waals surface area contributed by atoms with Gasteiger partial charge in [-0.3, -0.25) is 0 Å². The van der Waals surface area contributed by atoms with E-state index in [0.29, 0.717) is 0 Å². The van der Waals surface area contributed by atoms with E-state index in [4.69, 9.17) is 0 Å². The first-order chi connectivity index (χ1) is 5.66. The second-order valence-electron chi connectivity index (χ2n) is 2.88. The smallest absolute Gasteiger partial charge is 0.127 e. The SMILES string of the molecule is Cc1c(Br)cccc1[C@H](C)C=O. The summed E-state index contributed by atoms with van der Waals surface area (Å²) in [6.07, 6.45) is 0.967. The lowest BCUT2D eigenvalue weighted by molar-refractivity contribution is -0.108. The molecular weight excluding hydrogens is 216 g/mol. The van der Waals surface area contributed by atoms with Crippen molar-refractivity contribution in [2.45, 2.75) is 19.8 Å². The maximum absolute atomic E-state index is 10.6. The molecule has 1 rings (SSSR count). The molecule has 0 aliphatic heterocycles. The van der Waals surface area contributed by atoms with Crippen molar-refractivity contribution in [2.75, 3.05) is 0 Å². The lowest BCUT2D eigenvalue weighted by Gasteiger charge is -2.09. The van der Waals surface area contributed by atoms with E-state index in [0.717, 1.165) is 21.9 Å². The Balaban J connectivity index is 3.15. The fraction of sp³-hybridized carbons (Fsp3) is 0.300. The minimum Gasteiger partial charge on any atom is -0.303 e. The van der Waals surface area contributed by atoms with Crippen molar-refractivity contribution >= 4 is 22.2 Å². The van der Waals surface area contributed by atoms with E-state index >= 15 is 0 Å². The van der Waals surface area contributed by atoms with Crippen LogP contribution in [0.1, 0.15) is 24.0 Å². The summed E-state index contributed by atoms with van der Waals surface area (Å²) in [7, 11) is 0. The highest BCUT2D eigenvalue weighted by Gasteiger charge is 2.07. The second kappa shape index (κ2) is 3.85. The summed E-state index contributed by atoms with van der Waals surface area (Å²) in [5.41, 5.74) is 2.25.